The molecule has 2 nitrogen and oxygen atoms in total. The highest BCUT2D eigenvalue weighted by Crippen LogP contribution is 2.16. The van der Waals surface area contributed by atoms with E-state index < -0.39 is 0 Å². The Balaban J connectivity index is 1.65. The molecule has 22 heavy (non-hydrogen) atoms. The van der Waals surface area contributed by atoms with Crippen molar-refractivity contribution in [2.45, 2.75) is 5.75 Å². The quantitative estimate of drug-likeness (QED) is 0.601. The number of carbonyl (C=O) groups is 1. The van der Waals surface area contributed by atoms with Crippen LogP contribution in [0.15, 0.2) is 60.7 Å². The predicted molar refractivity (Wildman–Crippen MR) is 96.1 cm³/mol. The van der Waals surface area contributed by atoms with Crippen LogP contribution in [-0.4, -0.2) is 18.2 Å². The number of carbonyl (C=O) groups excluding carboxylic acids is 1. The topological polar surface area (TPSA) is 29.1 Å². The first kappa shape index (κ1) is 16.7. The van der Waals surface area contributed by atoms with E-state index in [2.05, 4.69) is 17.4 Å². The lowest BCUT2D eigenvalue weighted by atomic mass is 10.2. The van der Waals surface area contributed by atoms with Crippen LogP contribution in [0.5, 0.6) is 0 Å². The van der Waals surface area contributed by atoms with E-state index in [0.29, 0.717) is 11.6 Å². The van der Waals surface area contributed by atoms with Crippen LogP contribution in [0.3, 0.4) is 0 Å². The number of benzene rings is 2. The van der Waals surface area contributed by atoms with Gasteiger partial charge in [-0.2, -0.15) is 11.8 Å². The third kappa shape index (κ3) is 5.96. The Morgan fingerprint density at radius 3 is 2.59 bits per heavy atom. The largest absolute Gasteiger partial charge is 0.352 e. The van der Waals surface area contributed by atoms with Gasteiger partial charge in [0.2, 0.25) is 5.91 Å². The van der Waals surface area contributed by atoms with Crippen molar-refractivity contribution in [1.82, 2.24) is 5.32 Å². The van der Waals surface area contributed by atoms with E-state index in [4.69, 9.17) is 11.6 Å². The fourth-order valence-corrected chi connectivity index (χ4v) is 2.86. The molecule has 2 rings (SSSR count). The van der Waals surface area contributed by atoms with Crippen LogP contribution < -0.4 is 5.32 Å². The minimum absolute atomic E-state index is 0.0970. The van der Waals surface area contributed by atoms with Crippen LogP contribution in [0.1, 0.15) is 11.1 Å². The number of hydrogen-bond acceptors (Lipinski definition) is 2. The molecule has 0 aromatic heterocycles. The number of amides is 1. The SMILES string of the molecule is O=C(/C=C/c1ccccc1Cl)NCCSCc1ccccc1. The Labute approximate surface area is 140 Å². The Bertz CT molecular complexity index is 628. The maximum atomic E-state index is 11.7. The molecule has 0 spiro atoms. The fourth-order valence-electron chi connectivity index (χ4n) is 1.85. The van der Waals surface area contributed by atoms with Crippen LogP contribution >= 0.6 is 23.4 Å². The zero-order chi connectivity index (χ0) is 15.6. The van der Waals surface area contributed by atoms with Gasteiger partial charge in [0, 0.05) is 29.1 Å². The smallest absolute Gasteiger partial charge is 0.244 e. The Hall–Kier alpha value is -1.71. The van der Waals surface area contributed by atoms with E-state index >= 15 is 0 Å². The number of nitrogens with one attached hydrogen (secondary N) is 1. The average molecular weight is 332 g/mol. The molecule has 0 bridgehead atoms. The Morgan fingerprint density at radius 2 is 1.82 bits per heavy atom. The van der Waals surface area contributed by atoms with Gasteiger partial charge < -0.3 is 5.32 Å². The maximum absolute atomic E-state index is 11.7. The van der Waals surface area contributed by atoms with Gasteiger partial charge in [0.1, 0.15) is 0 Å². The van der Waals surface area contributed by atoms with Crippen LogP contribution in [0.4, 0.5) is 0 Å². The summed E-state index contributed by atoms with van der Waals surface area (Å²) >= 11 is 7.83. The average Bonchev–Trinajstić information content (AvgIpc) is 2.55. The molecule has 114 valence electrons. The van der Waals surface area contributed by atoms with Crippen molar-refractivity contribution in [3.05, 3.63) is 76.8 Å². The highest BCUT2D eigenvalue weighted by atomic mass is 35.5. The van der Waals surface area contributed by atoms with Crippen LogP contribution in [0.2, 0.25) is 5.02 Å². The fraction of sp³-hybridized carbons (Fsp3) is 0.167. The lowest BCUT2D eigenvalue weighted by Gasteiger charge is -2.03. The number of hydrogen-bond donors (Lipinski definition) is 1. The molecule has 0 aliphatic rings. The summed E-state index contributed by atoms with van der Waals surface area (Å²) in [7, 11) is 0. The molecule has 1 amide bonds. The second kappa shape index (κ2) is 9.34. The van der Waals surface area contributed by atoms with E-state index in [9.17, 15) is 4.79 Å². The van der Waals surface area contributed by atoms with Crippen molar-refractivity contribution in [2.75, 3.05) is 12.3 Å². The van der Waals surface area contributed by atoms with Gasteiger partial charge in [0.05, 0.1) is 0 Å². The molecule has 0 aliphatic heterocycles. The second-order valence-corrected chi connectivity index (χ2v) is 6.20. The lowest BCUT2D eigenvalue weighted by molar-refractivity contribution is -0.116. The first-order valence-corrected chi connectivity index (χ1v) is 8.61. The summed E-state index contributed by atoms with van der Waals surface area (Å²) in [6.45, 7) is 0.656. The van der Waals surface area contributed by atoms with Crippen molar-refractivity contribution in [2.24, 2.45) is 0 Å². The van der Waals surface area contributed by atoms with Gasteiger partial charge in [0.15, 0.2) is 0 Å². The van der Waals surface area contributed by atoms with Gasteiger partial charge in [-0.25, -0.2) is 0 Å². The monoisotopic (exact) mass is 331 g/mol. The Morgan fingerprint density at radius 1 is 1.09 bits per heavy atom. The van der Waals surface area contributed by atoms with Crippen molar-refractivity contribution in [3.63, 3.8) is 0 Å². The molecule has 0 unspecified atom stereocenters. The van der Waals surface area contributed by atoms with Gasteiger partial charge in [0.25, 0.3) is 0 Å². The van der Waals surface area contributed by atoms with E-state index in [1.807, 2.05) is 36.4 Å². The summed E-state index contributed by atoms with van der Waals surface area (Å²) < 4.78 is 0. The van der Waals surface area contributed by atoms with E-state index in [-0.39, 0.29) is 5.91 Å². The first-order chi connectivity index (χ1) is 10.8. The third-order valence-electron chi connectivity index (χ3n) is 2.98. The third-order valence-corrected chi connectivity index (χ3v) is 4.35. The van der Waals surface area contributed by atoms with Crippen LogP contribution in [-0.2, 0) is 10.5 Å². The number of thioether (sulfide) groups is 1. The molecule has 4 heteroatoms. The molecule has 0 atom stereocenters. The molecule has 2 aromatic rings. The first-order valence-electron chi connectivity index (χ1n) is 7.08. The minimum atomic E-state index is -0.0970. The normalized spacial score (nSPS) is 10.8. The molecular weight excluding hydrogens is 314 g/mol. The number of halogens is 1. The zero-order valence-corrected chi connectivity index (χ0v) is 13.7. The highest BCUT2D eigenvalue weighted by molar-refractivity contribution is 7.98. The van der Waals surface area contributed by atoms with Crippen LogP contribution in [0.25, 0.3) is 6.08 Å². The predicted octanol–water partition coefficient (Wildman–Crippen LogP) is 4.40. The van der Waals surface area contributed by atoms with Gasteiger partial charge in [-0.05, 0) is 23.3 Å². The summed E-state index contributed by atoms with van der Waals surface area (Å²) in [5, 5.41) is 3.51. The highest BCUT2D eigenvalue weighted by Gasteiger charge is 1.98. The van der Waals surface area contributed by atoms with Gasteiger partial charge in [-0.1, -0.05) is 60.1 Å². The molecule has 0 aliphatic carbocycles. The minimum Gasteiger partial charge on any atom is -0.352 e. The molecule has 0 saturated heterocycles. The molecule has 0 heterocycles. The van der Waals surface area contributed by atoms with E-state index in [1.165, 1.54) is 11.6 Å². The molecule has 1 N–H and O–H groups in total. The lowest BCUT2D eigenvalue weighted by Crippen LogP contribution is -2.23. The molecule has 2 aromatic carbocycles. The Kier molecular flexibility index (Phi) is 7.07. The van der Waals surface area contributed by atoms with E-state index in [0.717, 1.165) is 17.1 Å². The summed E-state index contributed by atoms with van der Waals surface area (Å²) in [6.07, 6.45) is 3.25. The summed E-state index contributed by atoms with van der Waals surface area (Å²) in [4.78, 5) is 11.7. The van der Waals surface area contributed by atoms with E-state index in [1.54, 1.807) is 23.9 Å². The molecule has 0 radical (unpaired) electrons. The summed E-state index contributed by atoms with van der Waals surface area (Å²) in [5.41, 5.74) is 2.15. The van der Waals surface area contributed by atoms with Crippen molar-refractivity contribution >= 4 is 35.3 Å². The second-order valence-electron chi connectivity index (χ2n) is 4.68. The maximum Gasteiger partial charge on any atom is 0.244 e. The van der Waals surface area contributed by atoms with Crippen molar-refractivity contribution in [3.8, 4) is 0 Å². The van der Waals surface area contributed by atoms with Gasteiger partial charge in [-0.15, -0.1) is 0 Å². The molecule has 0 fully saturated rings. The van der Waals surface area contributed by atoms with Crippen LogP contribution in [0, 0.1) is 0 Å². The zero-order valence-electron chi connectivity index (χ0n) is 12.2. The number of rotatable bonds is 7. The molecular formula is C18H18ClNOS. The molecule has 0 saturated carbocycles. The van der Waals surface area contributed by atoms with Gasteiger partial charge in [-0.3, -0.25) is 4.79 Å². The summed E-state index contributed by atoms with van der Waals surface area (Å²) in [5.74, 6) is 1.76. The standard InChI is InChI=1S/C18H18ClNOS/c19-17-9-5-4-8-16(17)10-11-18(21)20-12-13-22-14-15-6-2-1-3-7-15/h1-11H,12-14H2,(H,20,21)/b11-10+. The van der Waals surface area contributed by atoms with Gasteiger partial charge >= 0.3 is 0 Å². The summed E-state index contributed by atoms with van der Waals surface area (Å²) in [6, 6.07) is 17.7. The van der Waals surface area contributed by atoms with Crippen molar-refractivity contribution < 1.29 is 4.79 Å². The van der Waals surface area contributed by atoms with Crippen molar-refractivity contribution in [1.29, 1.82) is 0 Å².